The number of urea groups is 1. The molecule has 3 fully saturated rings. The summed E-state index contributed by atoms with van der Waals surface area (Å²) in [7, 11) is 0. The van der Waals surface area contributed by atoms with E-state index in [9.17, 15) is 19.5 Å². The lowest BCUT2D eigenvalue weighted by atomic mass is 10.0. The summed E-state index contributed by atoms with van der Waals surface area (Å²) in [4.78, 5) is 47.3. The number of hydrogen-bond donors (Lipinski definition) is 4. The number of piperazine rings is 1. The topological polar surface area (TPSA) is 163 Å². The average molecular weight is 521 g/mol. The summed E-state index contributed by atoms with van der Waals surface area (Å²) in [5.74, 6) is 0.0292. The van der Waals surface area contributed by atoms with Crippen molar-refractivity contribution in [2.75, 3.05) is 44.6 Å². The van der Waals surface area contributed by atoms with Crippen molar-refractivity contribution in [2.45, 2.75) is 24.5 Å². The van der Waals surface area contributed by atoms with E-state index in [1.807, 2.05) is 17.9 Å². The number of benzene rings is 1. The molecule has 4 atom stereocenters. The molecule has 1 aromatic carbocycles. The molecule has 0 spiro atoms. The van der Waals surface area contributed by atoms with Gasteiger partial charge in [-0.25, -0.2) is 9.59 Å². The number of aromatic nitrogens is 2. The summed E-state index contributed by atoms with van der Waals surface area (Å²) >= 11 is 0. The van der Waals surface area contributed by atoms with Crippen molar-refractivity contribution in [3.63, 3.8) is 0 Å². The first-order chi connectivity index (χ1) is 18.1. The van der Waals surface area contributed by atoms with Crippen LogP contribution in [-0.2, 0) is 4.79 Å². The van der Waals surface area contributed by atoms with Crippen LogP contribution in [-0.4, -0.2) is 92.2 Å². The number of hydrogen-bond acceptors (Lipinski definition) is 8. The Morgan fingerprint density at radius 2 is 1.74 bits per heavy atom. The molecule has 0 radical (unpaired) electrons. The third-order valence-corrected chi connectivity index (χ3v) is 8.23. The fourth-order valence-electron chi connectivity index (χ4n) is 5.83. The predicted octanol–water partition coefficient (Wildman–Crippen LogP) is 0.0115. The lowest BCUT2D eigenvalue weighted by Gasteiger charge is -2.35. The molecule has 2 amide bonds. The number of carboxylic acids is 1. The molecule has 1 aromatic heterocycles. The third-order valence-electron chi connectivity index (χ3n) is 8.23. The van der Waals surface area contributed by atoms with E-state index in [1.54, 1.807) is 41.4 Å². The van der Waals surface area contributed by atoms with Crippen LogP contribution in [0.5, 0.6) is 0 Å². The number of carboxylic acid groups (broad SMARTS) is 1. The number of nitrogens with zero attached hydrogens (tertiary/aromatic N) is 5. The number of fused-ring (bicyclic) bond motifs is 1. The van der Waals surface area contributed by atoms with E-state index >= 15 is 0 Å². The van der Waals surface area contributed by atoms with Gasteiger partial charge in [0.1, 0.15) is 11.9 Å². The van der Waals surface area contributed by atoms with Crippen LogP contribution >= 0.6 is 0 Å². The van der Waals surface area contributed by atoms with Crippen molar-refractivity contribution in [3.8, 4) is 5.69 Å². The molecule has 2 aliphatic heterocycles. The van der Waals surface area contributed by atoms with Crippen molar-refractivity contribution in [3.05, 3.63) is 64.3 Å². The summed E-state index contributed by atoms with van der Waals surface area (Å²) in [5.41, 5.74) is 13.5. The van der Waals surface area contributed by atoms with Crippen LogP contribution in [0.15, 0.2) is 53.1 Å². The molecule has 1 saturated carbocycles. The largest absolute Gasteiger partial charge is 0.480 e. The molecule has 2 aliphatic carbocycles. The summed E-state index contributed by atoms with van der Waals surface area (Å²) in [6.45, 7) is 5.82. The molecule has 38 heavy (non-hydrogen) atoms. The fraction of sp³-hybridized carbons (Fsp3) is 0.462. The van der Waals surface area contributed by atoms with Crippen LogP contribution in [0.1, 0.15) is 18.5 Å². The zero-order chi connectivity index (χ0) is 26.8. The maximum absolute atomic E-state index is 12.7. The lowest BCUT2D eigenvalue weighted by molar-refractivity contribution is -0.143. The molecule has 6 rings (SSSR count). The molecular formula is C26H32N8O4. The molecule has 4 aliphatic rings. The van der Waals surface area contributed by atoms with E-state index in [0.717, 1.165) is 5.70 Å². The maximum atomic E-state index is 12.7. The molecule has 6 N–H and O–H groups in total. The van der Waals surface area contributed by atoms with E-state index in [0.29, 0.717) is 62.4 Å². The minimum absolute atomic E-state index is 0.173. The molecule has 2 aromatic rings. The van der Waals surface area contributed by atoms with Crippen LogP contribution in [0.25, 0.3) is 5.69 Å². The highest BCUT2D eigenvalue weighted by molar-refractivity contribution is 5.88. The summed E-state index contributed by atoms with van der Waals surface area (Å²) in [6, 6.07) is 7.56. The van der Waals surface area contributed by atoms with E-state index in [4.69, 9.17) is 11.5 Å². The lowest BCUT2D eigenvalue weighted by Crippen LogP contribution is -2.50. The van der Waals surface area contributed by atoms with Gasteiger partial charge in [-0.15, -0.1) is 0 Å². The highest BCUT2D eigenvalue weighted by Gasteiger charge is 2.55. The van der Waals surface area contributed by atoms with Crippen molar-refractivity contribution >= 4 is 17.8 Å². The first-order valence-corrected chi connectivity index (χ1v) is 12.9. The second-order valence-electron chi connectivity index (χ2n) is 10.9. The van der Waals surface area contributed by atoms with Gasteiger partial charge in [-0.2, -0.15) is 4.98 Å². The molecule has 12 heteroatoms. The van der Waals surface area contributed by atoms with Crippen LogP contribution in [0.4, 0.5) is 10.6 Å². The Morgan fingerprint density at radius 3 is 2.29 bits per heavy atom. The van der Waals surface area contributed by atoms with Crippen molar-refractivity contribution in [1.29, 1.82) is 0 Å². The van der Waals surface area contributed by atoms with Gasteiger partial charge in [0, 0.05) is 57.2 Å². The first-order valence-electron chi connectivity index (χ1n) is 12.9. The van der Waals surface area contributed by atoms with Gasteiger partial charge in [0.05, 0.1) is 11.2 Å². The standard InChI is InChI=1S/C26H32N8O4/c1-26(28)12-19(26)31-8-10-32(11-9-31)24(37)29-20-6-7-34(25(38)30-20)16-4-2-15(3-5-16)22(23(35)36)33-13-17-18(14-33)21(17)27/h2-7,12,17-18,21-22H,8-11,13-14,27-28H2,1H3,(H,35,36)(H,29,30,37,38). The van der Waals surface area contributed by atoms with Gasteiger partial charge in [0.15, 0.2) is 0 Å². The molecule has 4 unspecified atom stereocenters. The number of aliphatic carboxylic acids is 1. The van der Waals surface area contributed by atoms with Crippen LogP contribution in [0, 0.1) is 11.8 Å². The number of carbonyl (C=O) groups is 2. The normalized spacial score (nSPS) is 28.9. The molecule has 2 saturated heterocycles. The Bertz CT molecular complexity index is 1350. The molecule has 12 nitrogen and oxygen atoms in total. The van der Waals surface area contributed by atoms with Gasteiger partial charge in [-0.3, -0.25) is 19.6 Å². The fourth-order valence-corrected chi connectivity index (χ4v) is 5.83. The molecule has 3 heterocycles. The van der Waals surface area contributed by atoms with Gasteiger partial charge in [-0.05, 0) is 48.6 Å². The van der Waals surface area contributed by atoms with E-state index < -0.39 is 17.7 Å². The average Bonchev–Trinajstić information content (AvgIpc) is 3.62. The van der Waals surface area contributed by atoms with Crippen molar-refractivity contribution in [1.82, 2.24) is 24.3 Å². The number of carbonyl (C=O) groups excluding carboxylic acids is 1. The molecule has 0 bridgehead atoms. The number of amides is 2. The Balaban J connectivity index is 1.08. The van der Waals surface area contributed by atoms with Gasteiger partial charge < -0.3 is 26.4 Å². The van der Waals surface area contributed by atoms with Gasteiger partial charge in [-0.1, -0.05) is 12.1 Å². The molecular weight excluding hydrogens is 488 g/mol. The van der Waals surface area contributed by atoms with Crippen LogP contribution < -0.4 is 22.5 Å². The maximum Gasteiger partial charge on any atom is 0.354 e. The number of nitrogens with one attached hydrogen (secondary N) is 1. The van der Waals surface area contributed by atoms with Crippen LogP contribution in [0.2, 0.25) is 0 Å². The van der Waals surface area contributed by atoms with Crippen molar-refractivity contribution < 1.29 is 14.7 Å². The summed E-state index contributed by atoms with van der Waals surface area (Å²) in [6.07, 6.45) is 3.56. The second-order valence-corrected chi connectivity index (χ2v) is 10.9. The minimum Gasteiger partial charge on any atom is -0.480 e. The number of anilines is 1. The number of nitrogens with two attached hydrogens (primary N) is 2. The highest BCUT2D eigenvalue weighted by atomic mass is 16.4. The van der Waals surface area contributed by atoms with Gasteiger partial charge in [0.25, 0.3) is 0 Å². The molecule has 200 valence electrons. The minimum atomic E-state index is -0.907. The summed E-state index contributed by atoms with van der Waals surface area (Å²) in [5, 5.41) is 12.6. The number of rotatable bonds is 6. The number of likely N-dealkylation sites (tertiary alicyclic amines) is 1. The Hall–Kier alpha value is -3.74. The van der Waals surface area contributed by atoms with Gasteiger partial charge in [0.2, 0.25) is 0 Å². The quantitative estimate of drug-likeness (QED) is 0.411. The van der Waals surface area contributed by atoms with Crippen LogP contribution in [0.3, 0.4) is 0 Å². The van der Waals surface area contributed by atoms with E-state index in [2.05, 4.69) is 15.2 Å². The third kappa shape index (κ3) is 4.44. The highest BCUT2D eigenvalue weighted by Crippen LogP contribution is 2.46. The summed E-state index contributed by atoms with van der Waals surface area (Å²) < 4.78 is 1.35. The van der Waals surface area contributed by atoms with E-state index in [-0.39, 0.29) is 23.4 Å². The zero-order valence-corrected chi connectivity index (χ0v) is 21.2. The van der Waals surface area contributed by atoms with E-state index in [1.165, 1.54) is 4.57 Å². The Kier molecular flexibility index (Phi) is 5.78. The Morgan fingerprint density at radius 1 is 1.11 bits per heavy atom. The Labute approximate surface area is 219 Å². The van der Waals surface area contributed by atoms with Crippen molar-refractivity contribution in [2.24, 2.45) is 23.3 Å². The predicted molar refractivity (Wildman–Crippen MR) is 140 cm³/mol. The smallest absolute Gasteiger partial charge is 0.354 e. The first kappa shape index (κ1) is 24.6. The number of piperidine rings is 1. The van der Waals surface area contributed by atoms with Gasteiger partial charge >= 0.3 is 17.7 Å². The second kappa shape index (κ2) is 8.93. The monoisotopic (exact) mass is 520 g/mol. The zero-order valence-electron chi connectivity index (χ0n) is 21.2. The SMILES string of the molecule is CC1(N)C=C1N1CCN(C(=O)Nc2ccn(-c3ccc(C(C(=O)O)N4CC5C(N)C5C4)cc3)c(=O)n2)CC1.